The summed E-state index contributed by atoms with van der Waals surface area (Å²) in [7, 11) is 2.84. The average Bonchev–Trinajstić information content (AvgIpc) is 3.62. The maximum atomic E-state index is 16.0. The molecule has 0 saturated carbocycles. The number of benzene rings is 1. The van der Waals surface area contributed by atoms with E-state index in [9.17, 15) is 9.59 Å². The molecule has 1 aromatic carbocycles. The first-order valence-electron chi connectivity index (χ1n) is 12.2. The Balaban J connectivity index is 1.52. The largest absolute Gasteiger partial charge is 0.496 e. The van der Waals surface area contributed by atoms with E-state index in [0.29, 0.717) is 53.9 Å². The highest BCUT2D eigenvalue weighted by molar-refractivity contribution is 6.02. The maximum Gasteiger partial charge on any atom is 0.354 e. The van der Waals surface area contributed by atoms with Gasteiger partial charge >= 0.3 is 5.97 Å². The maximum absolute atomic E-state index is 16.0. The van der Waals surface area contributed by atoms with Crippen LogP contribution in [0.5, 0.6) is 5.75 Å². The number of hydrogen-bond acceptors (Lipinski definition) is 6. The van der Waals surface area contributed by atoms with E-state index in [-0.39, 0.29) is 23.0 Å². The summed E-state index contributed by atoms with van der Waals surface area (Å²) in [5.41, 5.74) is 2.20. The predicted molar refractivity (Wildman–Crippen MR) is 135 cm³/mol. The fourth-order valence-electron chi connectivity index (χ4n) is 5.04. The van der Waals surface area contributed by atoms with Gasteiger partial charge in [-0.15, -0.1) is 0 Å². The summed E-state index contributed by atoms with van der Waals surface area (Å²) in [5.74, 6) is -0.643. The number of nitrogens with zero attached hydrogens (tertiary/aromatic N) is 4. The summed E-state index contributed by atoms with van der Waals surface area (Å²) >= 11 is 0. The van der Waals surface area contributed by atoms with E-state index in [4.69, 9.17) is 9.47 Å². The molecule has 0 radical (unpaired) electrons. The van der Waals surface area contributed by atoms with Crippen LogP contribution in [0.25, 0.3) is 22.0 Å². The van der Waals surface area contributed by atoms with Gasteiger partial charge in [-0.1, -0.05) is 0 Å². The minimum absolute atomic E-state index is 0.0173. The highest BCUT2D eigenvalue weighted by atomic mass is 19.1. The molecule has 0 bridgehead atoms. The molecule has 0 spiro atoms. The van der Waals surface area contributed by atoms with E-state index < -0.39 is 11.8 Å². The van der Waals surface area contributed by atoms with Crippen molar-refractivity contribution in [2.24, 2.45) is 0 Å². The Labute approximate surface area is 213 Å². The minimum atomic E-state index is -0.590. The lowest BCUT2D eigenvalue weighted by molar-refractivity contribution is -0.132. The molecular formula is C27H28FN5O4. The predicted octanol–water partition coefficient (Wildman–Crippen LogP) is 4.16. The number of pyridine rings is 1. The first kappa shape index (κ1) is 24.5. The Morgan fingerprint density at radius 3 is 2.84 bits per heavy atom. The van der Waals surface area contributed by atoms with Gasteiger partial charge < -0.3 is 19.4 Å². The van der Waals surface area contributed by atoms with E-state index in [1.165, 1.54) is 7.11 Å². The van der Waals surface area contributed by atoms with Crippen LogP contribution < -0.4 is 4.74 Å². The van der Waals surface area contributed by atoms with E-state index in [1.54, 1.807) is 53.5 Å². The molecule has 0 unspecified atom stereocenters. The molecule has 0 aliphatic carbocycles. The first-order valence-corrected chi connectivity index (χ1v) is 12.2. The number of methoxy groups -OCH3 is 2. The van der Waals surface area contributed by atoms with Gasteiger partial charge in [0.15, 0.2) is 5.82 Å². The van der Waals surface area contributed by atoms with Crippen LogP contribution >= 0.6 is 0 Å². The number of piperidine rings is 1. The van der Waals surface area contributed by atoms with Crippen molar-refractivity contribution >= 4 is 22.8 Å². The summed E-state index contributed by atoms with van der Waals surface area (Å²) < 4.78 is 28.2. The van der Waals surface area contributed by atoms with Crippen LogP contribution in [0.4, 0.5) is 4.39 Å². The number of nitrogens with one attached hydrogen (secondary N) is 1. The first-order chi connectivity index (χ1) is 18.0. The molecule has 192 valence electrons. The van der Waals surface area contributed by atoms with Crippen LogP contribution in [0.3, 0.4) is 0 Å². The van der Waals surface area contributed by atoms with Gasteiger partial charge in [-0.05, 0) is 48.2 Å². The number of ether oxygens (including phenoxy) is 2. The zero-order chi connectivity index (χ0) is 25.9. The lowest BCUT2D eigenvalue weighted by Crippen LogP contribution is -2.39. The molecule has 1 amide bonds. The van der Waals surface area contributed by atoms with Crippen LogP contribution in [-0.2, 0) is 16.1 Å². The second-order valence-electron chi connectivity index (χ2n) is 9.06. The van der Waals surface area contributed by atoms with E-state index >= 15 is 4.39 Å². The van der Waals surface area contributed by atoms with Crippen LogP contribution in [0.2, 0.25) is 0 Å². The second-order valence-corrected chi connectivity index (χ2v) is 9.06. The summed E-state index contributed by atoms with van der Waals surface area (Å²) in [6.45, 7) is 1.54. The van der Waals surface area contributed by atoms with Crippen molar-refractivity contribution in [1.29, 1.82) is 0 Å². The number of likely N-dealkylation sites (tertiary alicyclic amines) is 1. The number of rotatable bonds is 7. The third-order valence-corrected chi connectivity index (χ3v) is 6.90. The number of aromatic amines is 1. The van der Waals surface area contributed by atoms with Crippen LogP contribution in [0, 0.1) is 5.82 Å². The number of H-pyrrole nitrogens is 1. The second kappa shape index (κ2) is 10.4. The Morgan fingerprint density at radius 2 is 2.08 bits per heavy atom. The molecule has 4 aromatic rings. The Bertz CT molecular complexity index is 1430. The SMILES string of the molecule is COC(=O)c1cc2c(-c3cnccc3OC)cc([C@H]3CCCN(C(=O)CCn4cccn4)C3)c(F)c2[nH]1. The number of hydrogen-bond donors (Lipinski definition) is 1. The Hall–Kier alpha value is -4.21. The van der Waals surface area contributed by atoms with E-state index in [0.717, 1.165) is 12.8 Å². The lowest BCUT2D eigenvalue weighted by atomic mass is 9.87. The van der Waals surface area contributed by atoms with Gasteiger partial charge in [0.25, 0.3) is 0 Å². The monoisotopic (exact) mass is 505 g/mol. The van der Waals surface area contributed by atoms with Gasteiger partial charge in [0.1, 0.15) is 11.4 Å². The summed E-state index contributed by atoms with van der Waals surface area (Å²) in [4.78, 5) is 34.2. The van der Waals surface area contributed by atoms with Crippen LogP contribution in [0.1, 0.15) is 41.2 Å². The Kier molecular flexibility index (Phi) is 6.89. The zero-order valence-corrected chi connectivity index (χ0v) is 20.7. The van der Waals surface area contributed by atoms with Crippen LogP contribution in [0.15, 0.2) is 49.1 Å². The minimum Gasteiger partial charge on any atom is -0.496 e. The number of fused-ring (bicyclic) bond motifs is 1. The quantitative estimate of drug-likeness (QED) is 0.379. The molecule has 4 heterocycles. The van der Waals surface area contributed by atoms with E-state index in [1.807, 2.05) is 12.3 Å². The molecule has 1 aliphatic heterocycles. The molecule has 1 N–H and O–H groups in total. The summed E-state index contributed by atoms with van der Waals surface area (Å²) in [6, 6.07) is 6.94. The zero-order valence-electron chi connectivity index (χ0n) is 20.7. The molecule has 5 rings (SSSR count). The molecule has 3 aromatic heterocycles. The van der Waals surface area contributed by atoms with Crippen molar-refractivity contribution in [3.63, 3.8) is 0 Å². The van der Waals surface area contributed by atoms with Crippen LogP contribution in [-0.4, -0.2) is 63.8 Å². The Morgan fingerprint density at radius 1 is 1.22 bits per heavy atom. The average molecular weight is 506 g/mol. The molecule has 1 saturated heterocycles. The lowest BCUT2D eigenvalue weighted by Gasteiger charge is -2.33. The van der Waals surface area contributed by atoms with Gasteiger partial charge in [-0.3, -0.25) is 14.5 Å². The van der Waals surface area contributed by atoms with Crippen molar-refractivity contribution in [3.05, 3.63) is 66.1 Å². The summed E-state index contributed by atoms with van der Waals surface area (Å²) in [6.07, 6.45) is 8.61. The van der Waals surface area contributed by atoms with Gasteiger partial charge in [-0.2, -0.15) is 5.10 Å². The normalized spacial score (nSPS) is 15.6. The fourth-order valence-corrected chi connectivity index (χ4v) is 5.04. The standard InChI is InChI=1S/C27H28FN5O4/c1-36-23-6-9-29-15-21(23)19-13-18(25(28)26-20(19)14-22(31-26)27(35)37-2)17-5-3-10-32(16-17)24(34)7-12-33-11-4-8-30-33/h4,6,8-9,11,13-15,17,31H,3,5,7,10,12,16H2,1-2H3/t17-/m0/s1. The number of aryl methyl sites for hydroxylation is 1. The molecule has 1 atom stereocenters. The fraction of sp³-hybridized carbons (Fsp3) is 0.333. The van der Waals surface area contributed by atoms with E-state index in [2.05, 4.69) is 15.1 Å². The molecule has 10 heteroatoms. The van der Waals surface area contributed by atoms with Crippen molar-refractivity contribution in [3.8, 4) is 16.9 Å². The van der Waals surface area contributed by atoms with Gasteiger partial charge in [0.2, 0.25) is 5.91 Å². The molecule has 1 aliphatic rings. The van der Waals surface area contributed by atoms with Gasteiger partial charge in [-0.25, -0.2) is 9.18 Å². The number of aromatic nitrogens is 4. The highest BCUT2D eigenvalue weighted by Crippen LogP contribution is 2.40. The van der Waals surface area contributed by atoms with Crippen molar-refractivity contribution in [2.75, 3.05) is 27.3 Å². The summed E-state index contributed by atoms with van der Waals surface area (Å²) in [5, 5.41) is 4.68. The van der Waals surface area contributed by atoms with Crippen molar-refractivity contribution in [1.82, 2.24) is 24.6 Å². The molecular weight excluding hydrogens is 477 g/mol. The smallest absolute Gasteiger partial charge is 0.354 e. The number of carbonyl (C=O) groups excluding carboxylic acids is 2. The third kappa shape index (κ3) is 4.78. The number of amides is 1. The number of halogens is 1. The molecule has 9 nitrogen and oxygen atoms in total. The van der Waals surface area contributed by atoms with Gasteiger partial charge in [0.05, 0.1) is 19.7 Å². The van der Waals surface area contributed by atoms with Crippen molar-refractivity contribution in [2.45, 2.75) is 31.7 Å². The topological polar surface area (TPSA) is 102 Å². The number of esters is 1. The number of carbonyl (C=O) groups is 2. The van der Waals surface area contributed by atoms with Crippen molar-refractivity contribution < 1.29 is 23.5 Å². The van der Waals surface area contributed by atoms with Gasteiger partial charge in [0, 0.05) is 67.7 Å². The molecule has 1 fully saturated rings. The third-order valence-electron chi connectivity index (χ3n) is 6.90. The molecule has 37 heavy (non-hydrogen) atoms. The highest BCUT2D eigenvalue weighted by Gasteiger charge is 2.29.